The van der Waals surface area contributed by atoms with Crippen LogP contribution in [0.5, 0.6) is 0 Å². The minimum absolute atomic E-state index is 0.303. The van der Waals surface area contributed by atoms with E-state index in [1.165, 1.54) is 44.2 Å². The van der Waals surface area contributed by atoms with Crippen molar-refractivity contribution in [1.82, 2.24) is 0 Å². The van der Waals surface area contributed by atoms with E-state index in [2.05, 4.69) is 5.32 Å². The molecule has 3 nitrogen and oxygen atoms in total. The zero-order chi connectivity index (χ0) is 21.6. The number of alkyl halides is 3. The van der Waals surface area contributed by atoms with E-state index in [1.54, 1.807) is 19.1 Å². The molecule has 0 aliphatic heterocycles. The highest BCUT2D eigenvalue weighted by molar-refractivity contribution is 5.90. The summed E-state index contributed by atoms with van der Waals surface area (Å²) in [5.74, 6) is 0.248. The number of halogens is 3. The Balaban J connectivity index is 1.76. The first-order valence-electron chi connectivity index (χ1n) is 10.6. The van der Waals surface area contributed by atoms with Crippen LogP contribution in [0.25, 0.3) is 0 Å². The molecule has 0 saturated heterocycles. The second-order valence-corrected chi connectivity index (χ2v) is 7.85. The average Bonchev–Trinajstić information content (AvgIpc) is 2.73. The van der Waals surface area contributed by atoms with Crippen molar-refractivity contribution in [3.8, 4) is 0 Å². The number of ether oxygens (including phenoxy) is 1. The second kappa shape index (κ2) is 10.0. The lowest BCUT2D eigenvalue weighted by Gasteiger charge is -2.23. The van der Waals surface area contributed by atoms with Gasteiger partial charge >= 0.3 is 12.1 Å². The number of anilines is 1. The fourth-order valence-corrected chi connectivity index (χ4v) is 3.97. The summed E-state index contributed by atoms with van der Waals surface area (Å²) in [6.45, 7) is 2.44. The molecule has 6 heteroatoms. The first-order valence-corrected chi connectivity index (χ1v) is 10.6. The van der Waals surface area contributed by atoms with Crippen molar-refractivity contribution in [3.63, 3.8) is 0 Å². The maximum absolute atomic E-state index is 12.8. The predicted molar refractivity (Wildman–Crippen MR) is 111 cm³/mol. The molecule has 0 spiro atoms. The molecule has 1 aliphatic rings. The first-order chi connectivity index (χ1) is 14.4. The molecule has 0 bridgehead atoms. The van der Waals surface area contributed by atoms with Crippen LogP contribution in [0.15, 0.2) is 42.5 Å². The monoisotopic (exact) mass is 419 g/mol. The van der Waals surface area contributed by atoms with E-state index in [0.29, 0.717) is 24.6 Å². The van der Waals surface area contributed by atoms with Crippen LogP contribution in [0.3, 0.4) is 0 Å². The molecule has 2 aromatic rings. The van der Waals surface area contributed by atoms with E-state index >= 15 is 0 Å². The molecule has 0 atom stereocenters. The molecule has 3 rings (SSSR count). The Morgan fingerprint density at radius 1 is 1.07 bits per heavy atom. The lowest BCUT2D eigenvalue weighted by atomic mass is 9.84. The van der Waals surface area contributed by atoms with Gasteiger partial charge in [0.25, 0.3) is 0 Å². The molecule has 30 heavy (non-hydrogen) atoms. The Morgan fingerprint density at radius 3 is 2.40 bits per heavy atom. The van der Waals surface area contributed by atoms with E-state index in [0.717, 1.165) is 35.4 Å². The van der Waals surface area contributed by atoms with Gasteiger partial charge in [-0.05, 0) is 54.7 Å². The molecular formula is C24H28F3NO2. The Morgan fingerprint density at radius 2 is 1.77 bits per heavy atom. The van der Waals surface area contributed by atoms with E-state index in [-0.39, 0.29) is 5.97 Å². The zero-order valence-electron chi connectivity index (χ0n) is 17.2. The van der Waals surface area contributed by atoms with Crippen molar-refractivity contribution in [1.29, 1.82) is 0 Å². The minimum atomic E-state index is -4.34. The van der Waals surface area contributed by atoms with Gasteiger partial charge in [-0.2, -0.15) is 13.2 Å². The van der Waals surface area contributed by atoms with Gasteiger partial charge in [0.1, 0.15) is 0 Å². The maximum atomic E-state index is 12.8. The van der Waals surface area contributed by atoms with Crippen LogP contribution in [0.1, 0.15) is 66.1 Å². The van der Waals surface area contributed by atoms with E-state index in [9.17, 15) is 18.0 Å². The highest BCUT2D eigenvalue weighted by Gasteiger charge is 2.29. The highest BCUT2D eigenvalue weighted by atomic mass is 19.4. The first kappa shape index (κ1) is 22.2. The van der Waals surface area contributed by atoms with Crippen LogP contribution >= 0.6 is 0 Å². The molecule has 0 amide bonds. The van der Waals surface area contributed by atoms with Crippen molar-refractivity contribution >= 4 is 11.7 Å². The largest absolute Gasteiger partial charge is 0.462 e. The molecule has 0 unspecified atom stereocenters. The number of rotatable bonds is 7. The van der Waals surface area contributed by atoms with Crippen molar-refractivity contribution in [3.05, 3.63) is 64.7 Å². The summed E-state index contributed by atoms with van der Waals surface area (Å²) < 4.78 is 43.4. The summed E-state index contributed by atoms with van der Waals surface area (Å²) in [6, 6.07) is 10.7. The fourth-order valence-electron chi connectivity index (χ4n) is 3.97. The fraction of sp³-hybridized carbons (Fsp3) is 0.458. The Labute approximate surface area is 175 Å². The van der Waals surface area contributed by atoms with Crippen LogP contribution in [-0.4, -0.2) is 12.6 Å². The third-order valence-corrected chi connectivity index (χ3v) is 5.62. The number of nitrogens with one attached hydrogen (secondary N) is 1. The van der Waals surface area contributed by atoms with Crippen LogP contribution in [0.2, 0.25) is 0 Å². The molecule has 1 aliphatic carbocycles. The number of hydrogen-bond donors (Lipinski definition) is 1. The number of carbonyl (C=O) groups is 1. The van der Waals surface area contributed by atoms with Gasteiger partial charge in [0, 0.05) is 12.2 Å². The molecule has 1 N–H and O–H groups in total. The predicted octanol–water partition coefficient (Wildman–Crippen LogP) is 6.62. The van der Waals surface area contributed by atoms with Crippen molar-refractivity contribution < 1.29 is 22.7 Å². The maximum Gasteiger partial charge on any atom is 0.416 e. The lowest BCUT2D eigenvalue weighted by Crippen LogP contribution is -2.13. The van der Waals surface area contributed by atoms with Gasteiger partial charge in [-0.15, -0.1) is 0 Å². The van der Waals surface area contributed by atoms with Gasteiger partial charge in [0.15, 0.2) is 0 Å². The summed E-state index contributed by atoms with van der Waals surface area (Å²) in [5, 5.41) is 3.33. The van der Waals surface area contributed by atoms with Crippen molar-refractivity contribution in [2.24, 2.45) is 5.92 Å². The van der Waals surface area contributed by atoms with Gasteiger partial charge < -0.3 is 10.1 Å². The summed E-state index contributed by atoms with van der Waals surface area (Å²) in [7, 11) is 0. The Kier molecular flexibility index (Phi) is 7.40. The molecule has 162 valence electrons. The Bertz CT molecular complexity index is 841. The highest BCUT2D eigenvalue weighted by Crippen LogP contribution is 2.31. The van der Waals surface area contributed by atoms with Gasteiger partial charge in [-0.25, -0.2) is 4.79 Å². The van der Waals surface area contributed by atoms with Crippen LogP contribution in [0, 0.1) is 5.92 Å². The third-order valence-electron chi connectivity index (χ3n) is 5.62. The Hall–Kier alpha value is -2.50. The smallest absolute Gasteiger partial charge is 0.416 e. The number of carbonyl (C=O) groups excluding carboxylic acids is 1. The third kappa shape index (κ3) is 6.00. The lowest BCUT2D eigenvalue weighted by molar-refractivity contribution is -0.137. The number of benzene rings is 2. The van der Waals surface area contributed by atoms with Gasteiger partial charge in [0.2, 0.25) is 0 Å². The SMILES string of the molecule is CCOC(=O)c1ccc(CC2CCCCC2)c(NCc2ccc(C(F)(F)F)cc2)c1. The summed E-state index contributed by atoms with van der Waals surface area (Å²) in [5.41, 5.74) is 2.52. The van der Waals surface area contributed by atoms with Gasteiger partial charge in [-0.3, -0.25) is 0 Å². The van der Waals surface area contributed by atoms with Gasteiger partial charge in [-0.1, -0.05) is 50.3 Å². The second-order valence-electron chi connectivity index (χ2n) is 7.85. The molecule has 1 saturated carbocycles. The molecule has 1 fully saturated rings. The molecule has 0 heterocycles. The van der Waals surface area contributed by atoms with Gasteiger partial charge in [0.05, 0.1) is 17.7 Å². The van der Waals surface area contributed by atoms with Crippen LogP contribution in [0.4, 0.5) is 18.9 Å². The molecule has 0 radical (unpaired) electrons. The van der Waals surface area contributed by atoms with Crippen molar-refractivity contribution in [2.45, 2.75) is 58.2 Å². The number of esters is 1. The van der Waals surface area contributed by atoms with E-state index < -0.39 is 11.7 Å². The van der Waals surface area contributed by atoms with E-state index in [4.69, 9.17) is 4.74 Å². The zero-order valence-corrected chi connectivity index (χ0v) is 17.2. The molecular weight excluding hydrogens is 391 g/mol. The normalized spacial score (nSPS) is 15.1. The topological polar surface area (TPSA) is 38.3 Å². The minimum Gasteiger partial charge on any atom is -0.462 e. The quantitative estimate of drug-likeness (QED) is 0.513. The number of hydrogen-bond acceptors (Lipinski definition) is 3. The van der Waals surface area contributed by atoms with Crippen LogP contribution < -0.4 is 5.32 Å². The summed E-state index contributed by atoms with van der Waals surface area (Å²) in [6.07, 6.45) is 2.79. The van der Waals surface area contributed by atoms with Crippen molar-refractivity contribution in [2.75, 3.05) is 11.9 Å². The molecule has 0 aromatic heterocycles. The average molecular weight is 419 g/mol. The summed E-state index contributed by atoms with van der Waals surface area (Å²) in [4.78, 5) is 12.1. The molecule has 2 aromatic carbocycles. The standard InChI is InChI=1S/C24H28F3NO2/c1-2-30-23(29)20-11-10-19(14-17-6-4-3-5-7-17)22(15-20)28-16-18-8-12-21(13-9-18)24(25,26)27/h8-13,15,17,28H,2-7,14,16H2,1H3. The summed E-state index contributed by atoms with van der Waals surface area (Å²) >= 11 is 0. The van der Waals surface area contributed by atoms with E-state index in [1.807, 2.05) is 6.07 Å². The van der Waals surface area contributed by atoms with Crippen LogP contribution in [-0.2, 0) is 23.9 Å².